The Balaban J connectivity index is 2.48. The molecule has 0 radical (unpaired) electrons. The van der Waals surface area contributed by atoms with Gasteiger partial charge in [0.15, 0.2) is 0 Å². The molecule has 2 heteroatoms. The molecule has 0 amide bonds. The van der Waals surface area contributed by atoms with E-state index in [9.17, 15) is 0 Å². The van der Waals surface area contributed by atoms with Crippen molar-refractivity contribution in [3.8, 4) is 0 Å². The molecule has 1 aromatic carbocycles. The van der Waals surface area contributed by atoms with Crippen LogP contribution in [0.2, 0.25) is 0 Å². The van der Waals surface area contributed by atoms with Gasteiger partial charge in [-0.1, -0.05) is 36.8 Å². The van der Waals surface area contributed by atoms with Gasteiger partial charge in [0.25, 0.3) is 0 Å². The van der Waals surface area contributed by atoms with Crippen molar-refractivity contribution >= 4 is 0 Å². The van der Waals surface area contributed by atoms with Gasteiger partial charge in [-0.3, -0.25) is 0 Å². The van der Waals surface area contributed by atoms with Crippen molar-refractivity contribution in [2.45, 2.75) is 52.6 Å². The lowest BCUT2D eigenvalue weighted by Crippen LogP contribution is -2.34. The number of rotatable bonds is 7. The van der Waals surface area contributed by atoms with Crippen LogP contribution in [0.25, 0.3) is 0 Å². The highest BCUT2D eigenvalue weighted by molar-refractivity contribution is 5.23. The Kier molecular flexibility index (Phi) is 6.37. The molecule has 0 saturated heterocycles. The lowest BCUT2D eigenvalue weighted by molar-refractivity contribution is 0.214. The van der Waals surface area contributed by atoms with Crippen LogP contribution in [0.1, 0.15) is 50.8 Å². The predicted molar refractivity (Wildman–Crippen MR) is 79.7 cm³/mol. The average Bonchev–Trinajstić information content (AvgIpc) is 2.34. The Hall–Kier alpha value is -0.860. The van der Waals surface area contributed by atoms with Crippen LogP contribution in [-0.2, 0) is 0 Å². The molecule has 0 spiro atoms. The molecular formula is C16H28N2. The molecule has 1 rings (SSSR count). The molecular weight excluding hydrogens is 220 g/mol. The smallest absolute Gasteiger partial charge is 0.0307 e. The standard InChI is InChI=1S/C16H28N2/c1-5-11-18(13(2)3)12-10-16(17)15-8-6-14(4)7-9-15/h6-9,13,16H,5,10-12,17H2,1-4H3. The van der Waals surface area contributed by atoms with E-state index in [0.717, 1.165) is 19.5 Å². The van der Waals surface area contributed by atoms with E-state index in [2.05, 4.69) is 56.9 Å². The Bertz CT molecular complexity index is 329. The summed E-state index contributed by atoms with van der Waals surface area (Å²) >= 11 is 0. The first-order valence-corrected chi connectivity index (χ1v) is 7.10. The minimum Gasteiger partial charge on any atom is -0.324 e. The largest absolute Gasteiger partial charge is 0.324 e. The van der Waals surface area contributed by atoms with E-state index in [1.807, 2.05) is 0 Å². The van der Waals surface area contributed by atoms with E-state index in [1.54, 1.807) is 0 Å². The number of aryl methyl sites for hydroxylation is 1. The molecule has 0 saturated carbocycles. The van der Waals surface area contributed by atoms with Gasteiger partial charge < -0.3 is 10.6 Å². The topological polar surface area (TPSA) is 29.3 Å². The quantitative estimate of drug-likeness (QED) is 0.800. The van der Waals surface area contributed by atoms with Crippen molar-refractivity contribution in [1.82, 2.24) is 4.90 Å². The van der Waals surface area contributed by atoms with E-state index in [0.29, 0.717) is 6.04 Å². The summed E-state index contributed by atoms with van der Waals surface area (Å²) in [5, 5.41) is 0. The van der Waals surface area contributed by atoms with Gasteiger partial charge in [0.05, 0.1) is 0 Å². The van der Waals surface area contributed by atoms with Gasteiger partial charge in [0.2, 0.25) is 0 Å². The van der Waals surface area contributed by atoms with E-state index in [-0.39, 0.29) is 6.04 Å². The summed E-state index contributed by atoms with van der Waals surface area (Å²) in [6.07, 6.45) is 2.24. The summed E-state index contributed by atoms with van der Waals surface area (Å²) in [6, 6.07) is 9.35. The monoisotopic (exact) mass is 248 g/mol. The number of benzene rings is 1. The van der Waals surface area contributed by atoms with Crippen LogP contribution in [0.15, 0.2) is 24.3 Å². The zero-order valence-corrected chi connectivity index (χ0v) is 12.3. The van der Waals surface area contributed by atoms with Crippen LogP contribution in [0.4, 0.5) is 0 Å². The third-order valence-electron chi connectivity index (χ3n) is 3.47. The predicted octanol–water partition coefficient (Wildman–Crippen LogP) is 3.51. The summed E-state index contributed by atoms with van der Waals surface area (Å²) in [4.78, 5) is 2.51. The molecule has 0 fully saturated rings. The van der Waals surface area contributed by atoms with Crippen LogP contribution in [0.5, 0.6) is 0 Å². The Morgan fingerprint density at radius 3 is 2.22 bits per heavy atom. The molecule has 0 aliphatic rings. The van der Waals surface area contributed by atoms with Gasteiger partial charge in [0, 0.05) is 18.6 Å². The van der Waals surface area contributed by atoms with Crippen LogP contribution in [0, 0.1) is 6.92 Å². The van der Waals surface area contributed by atoms with Crippen molar-refractivity contribution in [2.75, 3.05) is 13.1 Å². The molecule has 0 bridgehead atoms. The van der Waals surface area contributed by atoms with Crippen molar-refractivity contribution < 1.29 is 0 Å². The van der Waals surface area contributed by atoms with E-state index in [4.69, 9.17) is 5.73 Å². The number of hydrogen-bond donors (Lipinski definition) is 1. The van der Waals surface area contributed by atoms with Gasteiger partial charge in [-0.05, 0) is 45.7 Å². The highest BCUT2D eigenvalue weighted by atomic mass is 15.1. The maximum absolute atomic E-state index is 6.26. The SMILES string of the molecule is CCCN(CCC(N)c1ccc(C)cc1)C(C)C. The number of nitrogens with two attached hydrogens (primary N) is 1. The molecule has 102 valence electrons. The summed E-state index contributed by atoms with van der Waals surface area (Å²) in [6.45, 7) is 11.1. The second-order valence-corrected chi connectivity index (χ2v) is 5.44. The number of nitrogens with zero attached hydrogens (tertiary/aromatic N) is 1. The van der Waals surface area contributed by atoms with E-state index < -0.39 is 0 Å². The fraction of sp³-hybridized carbons (Fsp3) is 0.625. The summed E-state index contributed by atoms with van der Waals surface area (Å²) < 4.78 is 0. The van der Waals surface area contributed by atoms with Crippen LogP contribution >= 0.6 is 0 Å². The molecule has 0 aliphatic heterocycles. The van der Waals surface area contributed by atoms with Crippen LogP contribution < -0.4 is 5.73 Å². The van der Waals surface area contributed by atoms with E-state index >= 15 is 0 Å². The summed E-state index contributed by atoms with van der Waals surface area (Å²) in [5.74, 6) is 0. The Morgan fingerprint density at radius 2 is 1.72 bits per heavy atom. The lowest BCUT2D eigenvalue weighted by Gasteiger charge is -2.27. The second-order valence-electron chi connectivity index (χ2n) is 5.44. The molecule has 18 heavy (non-hydrogen) atoms. The van der Waals surface area contributed by atoms with Gasteiger partial charge in [-0.2, -0.15) is 0 Å². The van der Waals surface area contributed by atoms with Gasteiger partial charge in [-0.15, -0.1) is 0 Å². The first kappa shape index (κ1) is 15.2. The zero-order chi connectivity index (χ0) is 13.5. The van der Waals surface area contributed by atoms with E-state index in [1.165, 1.54) is 17.5 Å². The molecule has 2 nitrogen and oxygen atoms in total. The van der Waals surface area contributed by atoms with Crippen molar-refractivity contribution in [3.63, 3.8) is 0 Å². The van der Waals surface area contributed by atoms with Gasteiger partial charge in [0.1, 0.15) is 0 Å². The van der Waals surface area contributed by atoms with Crippen molar-refractivity contribution in [3.05, 3.63) is 35.4 Å². The maximum Gasteiger partial charge on any atom is 0.0307 e. The minimum atomic E-state index is 0.156. The van der Waals surface area contributed by atoms with Crippen molar-refractivity contribution in [2.24, 2.45) is 5.73 Å². The van der Waals surface area contributed by atoms with Crippen LogP contribution in [0.3, 0.4) is 0 Å². The minimum absolute atomic E-state index is 0.156. The third kappa shape index (κ3) is 4.79. The summed E-state index contributed by atoms with van der Waals surface area (Å²) in [7, 11) is 0. The van der Waals surface area contributed by atoms with Gasteiger partial charge in [-0.25, -0.2) is 0 Å². The van der Waals surface area contributed by atoms with Crippen LogP contribution in [-0.4, -0.2) is 24.0 Å². The highest BCUT2D eigenvalue weighted by Crippen LogP contribution is 2.16. The molecule has 0 heterocycles. The highest BCUT2D eigenvalue weighted by Gasteiger charge is 2.11. The Labute approximate surface area is 112 Å². The molecule has 0 aromatic heterocycles. The molecule has 1 unspecified atom stereocenters. The van der Waals surface area contributed by atoms with Gasteiger partial charge >= 0.3 is 0 Å². The first-order chi connectivity index (χ1) is 8.54. The second kappa shape index (κ2) is 7.55. The normalized spacial score (nSPS) is 13.3. The fourth-order valence-corrected chi connectivity index (χ4v) is 2.20. The number of hydrogen-bond acceptors (Lipinski definition) is 2. The molecule has 0 aliphatic carbocycles. The fourth-order valence-electron chi connectivity index (χ4n) is 2.20. The molecule has 1 atom stereocenters. The first-order valence-electron chi connectivity index (χ1n) is 7.10. The maximum atomic E-state index is 6.26. The third-order valence-corrected chi connectivity index (χ3v) is 3.47. The average molecular weight is 248 g/mol. The summed E-state index contributed by atoms with van der Waals surface area (Å²) in [5.41, 5.74) is 8.81. The zero-order valence-electron chi connectivity index (χ0n) is 12.3. The lowest BCUT2D eigenvalue weighted by atomic mass is 10.0. The Morgan fingerprint density at radius 1 is 1.11 bits per heavy atom. The molecule has 2 N–H and O–H groups in total. The molecule has 1 aromatic rings. The van der Waals surface area contributed by atoms with Crippen molar-refractivity contribution in [1.29, 1.82) is 0 Å².